The Morgan fingerprint density at radius 1 is 1.32 bits per heavy atom. The molecule has 100 valence electrons. The number of likely N-dealkylation sites (tertiary alicyclic amines) is 1. The summed E-state index contributed by atoms with van der Waals surface area (Å²) in [4.78, 5) is 6.03. The number of nitrogens with one attached hydrogen (secondary N) is 1. The molecular formula is C17H22N2. The Bertz CT molecular complexity index is 638. The van der Waals surface area contributed by atoms with Crippen LogP contribution in [0.2, 0.25) is 0 Å². The third-order valence-electron chi connectivity index (χ3n) is 5.13. The van der Waals surface area contributed by atoms with Crippen molar-refractivity contribution in [1.82, 2.24) is 9.88 Å². The second kappa shape index (κ2) is 3.63. The Kier molecular flexibility index (Phi) is 2.21. The van der Waals surface area contributed by atoms with E-state index >= 15 is 0 Å². The fraction of sp³-hybridized carbons (Fsp3) is 0.529. The van der Waals surface area contributed by atoms with E-state index in [1.807, 2.05) is 0 Å². The number of aromatic nitrogens is 1. The van der Waals surface area contributed by atoms with Gasteiger partial charge in [-0.25, -0.2) is 0 Å². The Balaban J connectivity index is 1.91. The minimum absolute atomic E-state index is 0.423. The van der Waals surface area contributed by atoms with Crippen molar-refractivity contribution >= 4 is 10.9 Å². The Labute approximate surface area is 114 Å². The Hall–Kier alpha value is -1.28. The molecule has 1 aliphatic heterocycles. The molecule has 1 saturated heterocycles. The number of benzene rings is 1. The van der Waals surface area contributed by atoms with E-state index in [2.05, 4.69) is 55.2 Å². The van der Waals surface area contributed by atoms with E-state index in [0.717, 1.165) is 0 Å². The van der Waals surface area contributed by atoms with Crippen LogP contribution in [0, 0.1) is 5.41 Å². The monoisotopic (exact) mass is 254 g/mol. The van der Waals surface area contributed by atoms with Crippen LogP contribution in [0.4, 0.5) is 0 Å². The minimum atomic E-state index is 0.423. The van der Waals surface area contributed by atoms with Crippen molar-refractivity contribution in [3.05, 3.63) is 35.5 Å². The number of likely N-dealkylation sites (N-methyl/N-ethyl adjacent to an activating group) is 1. The van der Waals surface area contributed by atoms with Crippen LogP contribution < -0.4 is 0 Å². The van der Waals surface area contributed by atoms with Crippen LogP contribution in [0.5, 0.6) is 0 Å². The van der Waals surface area contributed by atoms with E-state index in [-0.39, 0.29) is 0 Å². The second-order valence-corrected chi connectivity index (χ2v) is 7.25. The SMILES string of the molecule is CN1CC(C)(C)C[C@@H]2c3cccc4[nH]cc(c34)C[C@H]21. The van der Waals surface area contributed by atoms with Crippen molar-refractivity contribution in [3.8, 4) is 0 Å². The maximum atomic E-state index is 3.45. The minimum Gasteiger partial charge on any atom is -0.361 e. The van der Waals surface area contributed by atoms with Crippen LogP contribution in [0.25, 0.3) is 10.9 Å². The molecule has 4 rings (SSSR count). The first-order valence-electron chi connectivity index (χ1n) is 7.34. The van der Waals surface area contributed by atoms with Crippen molar-refractivity contribution in [2.75, 3.05) is 13.6 Å². The van der Waals surface area contributed by atoms with Gasteiger partial charge in [0.05, 0.1) is 0 Å². The highest BCUT2D eigenvalue weighted by Gasteiger charge is 2.42. The van der Waals surface area contributed by atoms with Crippen molar-refractivity contribution in [2.24, 2.45) is 5.41 Å². The molecule has 2 nitrogen and oxygen atoms in total. The molecule has 2 aliphatic rings. The van der Waals surface area contributed by atoms with Crippen LogP contribution in [0.1, 0.15) is 37.3 Å². The van der Waals surface area contributed by atoms with Crippen LogP contribution in [0.3, 0.4) is 0 Å². The zero-order chi connectivity index (χ0) is 13.2. The van der Waals surface area contributed by atoms with Crippen molar-refractivity contribution in [1.29, 1.82) is 0 Å². The molecule has 2 heterocycles. The molecule has 19 heavy (non-hydrogen) atoms. The number of hydrogen-bond acceptors (Lipinski definition) is 1. The van der Waals surface area contributed by atoms with E-state index in [0.29, 0.717) is 17.4 Å². The number of hydrogen-bond donors (Lipinski definition) is 1. The predicted octanol–water partition coefficient (Wildman–Crippen LogP) is 3.54. The third-order valence-corrected chi connectivity index (χ3v) is 5.13. The van der Waals surface area contributed by atoms with Crippen LogP contribution in [-0.4, -0.2) is 29.5 Å². The fourth-order valence-corrected chi connectivity index (χ4v) is 4.49. The maximum absolute atomic E-state index is 3.45. The number of piperidine rings is 1. The van der Waals surface area contributed by atoms with E-state index in [1.165, 1.54) is 35.9 Å². The van der Waals surface area contributed by atoms with Gasteiger partial charge in [-0.2, -0.15) is 0 Å². The summed E-state index contributed by atoms with van der Waals surface area (Å²) in [6.07, 6.45) is 4.73. The fourth-order valence-electron chi connectivity index (χ4n) is 4.49. The standard InChI is InChI=1S/C17H22N2/c1-17(2)8-13-12-5-4-6-14-16(12)11(9-18-14)7-15(13)19(3)10-17/h4-6,9,13,15,18H,7-8,10H2,1-3H3/t13-,15-/m1/s1. The molecule has 0 bridgehead atoms. The molecule has 1 aromatic carbocycles. The van der Waals surface area contributed by atoms with Crippen LogP contribution in [-0.2, 0) is 6.42 Å². The smallest absolute Gasteiger partial charge is 0.0459 e. The average Bonchev–Trinajstić information content (AvgIpc) is 2.75. The molecule has 0 spiro atoms. The molecule has 1 aliphatic carbocycles. The number of rotatable bonds is 0. The summed E-state index contributed by atoms with van der Waals surface area (Å²) in [5, 5.41) is 1.51. The molecule has 1 fully saturated rings. The zero-order valence-electron chi connectivity index (χ0n) is 12.0. The lowest BCUT2D eigenvalue weighted by Gasteiger charge is -2.49. The van der Waals surface area contributed by atoms with Gasteiger partial charge >= 0.3 is 0 Å². The van der Waals surface area contributed by atoms with Gasteiger partial charge in [0.15, 0.2) is 0 Å². The summed E-state index contributed by atoms with van der Waals surface area (Å²) in [6, 6.07) is 7.45. The molecule has 0 radical (unpaired) electrons. The number of nitrogens with zero attached hydrogens (tertiary/aromatic N) is 1. The van der Waals surface area contributed by atoms with Gasteiger partial charge in [0.25, 0.3) is 0 Å². The molecule has 1 aromatic heterocycles. The molecule has 2 atom stereocenters. The lowest BCUT2D eigenvalue weighted by Crippen LogP contribution is -2.50. The molecule has 1 N–H and O–H groups in total. The van der Waals surface area contributed by atoms with E-state index in [9.17, 15) is 0 Å². The van der Waals surface area contributed by atoms with Crippen molar-refractivity contribution in [2.45, 2.75) is 38.6 Å². The molecule has 0 amide bonds. The van der Waals surface area contributed by atoms with Crippen molar-refractivity contribution in [3.63, 3.8) is 0 Å². The first kappa shape index (κ1) is 11.5. The Morgan fingerprint density at radius 2 is 2.16 bits per heavy atom. The third kappa shape index (κ3) is 1.59. The zero-order valence-corrected chi connectivity index (χ0v) is 12.0. The lowest BCUT2D eigenvalue weighted by molar-refractivity contribution is 0.0650. The van der Waals surface area contributed by atoms with Gasteiger partial charge < -0.3 is 9.88 Å². The largest absolute Gasteiger partial charge is 0.361 e. The van der Waals surface area contributed by atoms with Crippen LogP contribution in [0.15, 0.2) is 24.4 Å². The summed E-state index contributed by atoms with van der Waals surface area (Å²) in [5.41, 5.74) is 4.83. The summed E-state index contributed by atoms with van der Waals surface area (Å²) in [7, 11) is 2.30. The predicted molar refractivity (Wildman–Crippen MR) is 79.6 cm³/mol. The maximum Gasteiger partial charge on any atom is 0.0459 e. The van der Waals surface area contributed by atoms with Gasteiger partial charge in [-0.1, -0.05) is 26.0 Å². The van der Waals surface area contributed by atoms with Gasteiger partial charge in [-0.15, -0.1) is 0 Å². The van der Waals surface area contributed by atoms with Gasteiger partial charge in [0.2, 0.25) is 0 Å². The molecule has 0 saturated carbocycles. The van der Waals surface area contributed by atoms with Gasteiger partial charge in [-0.05, 0) is 42.5 Å². The molecular weight excluding hydrogens is 232 g/mol. The van der Waals surface area contributed by atoms with E-state index in [1.54, 1.807) is 5.56 Å². The first-order chi connectivity index (χ1) is 9.05. The lowest BCUT2D eigenvalue weighted by atomic mass is 9.68. The van der Waals surface area contributed by atoms with E-state index in [4.69, 9.17) is 0 Å². The first-order valence-corrected chi connectivity index (χ1v) is 7.34. The number of aromatic amines is 1. The van der Waals surface area contributed by atoms with Gasteiger partial charge in [0.1, 0.15) is 0 Å². The number of fused-ring (bicyclic) bond motifs is 2. The summed E-state index contributed by atoms with van der Waals surface area (Å²) >= 11 is 0. The topological polar surface area (TPSA) is 19.0 Å². The second-order valence-electron chi connectivity index (χ2n) is 7.25. The normalized spacial score (nSPS) is 29.4. The van der Waals surface area contributed by atoms with Gasteiger partial charge in [-0.3, -0.25) is 0 Å². The quantitative estimate of drug-likeness (QED) is 0.762. The molecule has 2 aromatic rings. The summed E-state index contributed by atoms with van der Waals surface area (Å²) in [6.45, 7) is 6.03. The highest BCUT2D eigenvalue weighted by molar-refractivity contribution is 5.88. The average molecular weight is 254 g/mol. The molecule has 2 heteroatoms. The highest BCUT2D eigenvalue weighted by Crippen LogP contribution is 2.47. The van der Waals surface area contributed by atoms with Crippen molar-refractivity contribution < 1.29 is 0 Å². The number of H-pyrrole nitrogens is 1. The van der Waals surface area contributed by atoms with E-state index < -0.39 is 0 Å². The summed E-state index contributed by atoms with van der Waals surface area (Å²) < 4.78 is 0. The Morgan fingerprint density at radius 3 is 3.00 bits per heavy atom. The molecule has 0 unspecified atom stereocenters. The van der Waals surface area contributed by atoms with Crippen LogP contribution >= 0.6 is 0 Å². The highest BCUT2D eigenvalue weighted by atomic mass is 15.2. The van der Waals surface area contributed by atoms with Gasteiger partial charge in [0, 0.05) is 35.6 Å². The summed E-state index contributed by atoms with van der Waals surface area (Å²) in [5.74, 6) is 0.695.